The van der Waals surface area contributed by atoms with E-state index in [9.17, 15) is 0 Å². The van der Waals surface area contributed by atoms with Crippen molar-refractivity contribution in [2.75, 3.05) is 12.4 Å². The van der Waals surface area contributed by atoms with E-state index in [4.69, 9.17) is 0 Å². The van der Waals surface area contributed by atoms with Crippen LogP contribution >= 0.6 is 15.9 Å². The van der Waals surface area contributed by atoms with E-state index >= 15 is 0 Å². The first-order valence-electron chi connectivity index (χ1n) is 4.84. The summed E-state index contributed by atoms with van der Waals surface area (Å²) in [7, 11) is 1.85. The molecule has 0 spiro atoms. The fourth-order valence-corrected chi connectivity index (χ4v) is 1.83. The SMILES string of the molecule is CNc1nc(Br)cn2cc(C(C)C)nc12. The Morgan fingerprint density at radius 3 is 2.67 bits per heavy atom. The standard InChI is InChI=1S/C10H13BrN4/c1-6(2)7-4-15-5-8(11)14-9(12-3)10(15)13-7/h4-6H,1-3H3,(H,12,14). The van der Waals surface area contributed by atoms with Gasteiger partial charge in [-0.25, -0.2) is 9.97 Å². The van der Waals surface area contributed by atoms with Crippen molar-refractivity contribution in [2.24, 2.45) is 0 Å². The van der Waals surface area contributed by atoms with Crippen molar-refractivity contribution >= 4 is 27.4 Å². The van der Waals surface area contributed by atoms with Crippen molar-refractivity contribution in [1.29, 1.82) is 0 Å². The Morgan fingerprint density at radius 1 is 1.33 bits per heavy atom. The van der Waals surface area contributed by atoms with Crippen LogP contribution in [0.2, 0.25) is 0 Å². The van der Waals surface area contributed by atoms with E-state index in [1.807, 2.05) is 23.8 Å². The van der Waals surface area contributed by atoms with E-state index in [0.717, 1.165) is 21.8 Å². The number of hydrogen-bond donors (Lipinski definition) is 1. The molecule has 80 valence electrons. The van der Waals surface area contributed by atoms with Crippen molar-refractivity contribution in [1.82, 2.24) is 14.4 Å². The molecule has 15 heavy (non-hydrogen) atoms. The molecule has 0 aromatic carbocycles. The van der Waals surface area contributed by atoms with Crippen LogP contribution in [0.1, 0.15) is 25.5 Å². The minimum atomic E-state index is 0.424. The van der Waals surface area contributed by atoms with Gasteiger partial charge in [-0.3, -0.25) is 0 Å². The molecule has 1 N–H and O–H groups in total. The Hall–Kier alpha value is -1.10. The molecule has 5 heteroatoms. The third-order valence-electron chi connectivity index (χ3n) is 2.26. The second kappa shape index (κ2) is 3.81. The number of nitrogens with one attached hydrogen (secondary N) is 1. The predicted octanol–water partition coefficient (Wildman–Crippen LogP) is 2.66. The molecule has 0 bridgehead atoms. The van der Waals surface area contributed by atoms with Gasteiger partial charge >= 0.3 is 0 Å². The number of halogens is 1. The minimum Gasteiger partial charge on any atom is -0.370 e. The molecule has 2 aromatic rings. The lowest BCUT2D eigenvalue weighted by atomic mass is 10.2. The number of hydrogen-bond acceptors (Lipinski definition) is 3. The predicted molar refractivity (Wildman–Crippen MR) is 64.3 cm³/mol. The summed E-state index contributed by atoms with van der Waals surface area (Å²) in [6.45, 7) is 4.26. The lowest BCUT2D eigenvalue weighted by Crippen LogP contribution is -1.97. The Balaban J connectivity index is 2.68. The maximum absolute atomic E-state index is 4.54. The lowest BCUT2D eigenvalue weighted by Gasteiger charge is -2.01. The molecule has 0 aliphatic heterocycles. The smallest absolute Gasteiger partial charge is 0.180 e. The van der Waals surface area contributed by atoms with Gasteiger partial charge in [-0.05, 0) is 21.8 Å². The molecular formula is C10H13BrN4. The van der Waals surface area contributed by atoms with Gasteiger partial charge in [0.1, 0.15) is 4.60 Å². The minimum absolute atomic E-state index is 0.424. The Labute approximate surface area is 96.9 Å². The number of imidazole rings is 1. The second-order valence-corrected chi connectivity index (χ2v) is 4.53. The zero-order valence-electron chi connectivity index (χ0n) is 8.95. The molecule has 4 nitrogen and oxygen atoms in total. The average Bonchev–Trinajstić information content (AvgIpc) is 2.59. The van der Waals surface area contributed by atoms with Crippen LogP contribution < -0.4 is 5.32 Å². The third kappa shape index (κ3) is 1.84. The fraction of sp³-hybridized carbons (Fsp3) is 0.400. The molecule has 0 saturated carbocycles. The van der Waals surface area contributed by atoms with E-state index in [0.29, 0.717) is 5.92 Å². The van der Waals surface area contributed by atoms with Gasteiger partial charge in [0.2, 0.25) is 0 Å². The highest BCUT2D eigenvalue weighted by molar-refractivity contribution is 9.10. The van der Waals surface area contributed by atoms with Crippen LogP contribution in [-0.4, -0.2) is 21.4 Å². The van der Waals surface area contributed by atoms with Crippen molar-refractivity contribution in [3.8, 4) is 0 Å². The highest BCUT2D eigenvalue weighted by Gasteiger charge is 2.10. The highest BCUT2D eigenvalue weighted by Crippen LogP contribution is 2.21. The summed E-state index contributed by atoms with van der Waals surface area (Å²) in [5.41, 5.74) is 1.94. The number of aromatic nitrogens is 3. The maximum atomic E-state index is 4.54. The first kappa shape index (κ1) is 10.4. The summed E-state index contributed by atoms with van der Waals surface area (Å²) in [6.07, 6.45) is 3.95. The van der Waals surface area contributed by atoms with Gasteiger partial charge in [-0.2, -0.15) is 0 Å². The zero-order valence-corrected chi connectivity index (χ0v) is 10.5. The molecule has 0 unspecified atom stereocenters. The van der Waals surface area contributed by atoms with E-state index in [2.05, 4.69) is 45.1 Å². The average molecular weight is 269 g/mol. The van der Waals surface area contributed by atoms with Crippen LogP contribution in [0, 0.1) is 0 Å². The van der Waals surface area contributed by atoms with Gasteiger partial charge in [0, 0.05) is 19.4 Å². The van der Waals surface area contributed by atoms with E-state index in [1.54, 1.807) is 0 Å². The van der Waals surface area contributed by atoms with Crippen LogP contribution in [0.25, 0.3) is 5.65 Å². The third-order valence-corrected chi connectivity index (χ3v) is 2.64. The first-order chi connectivity index (χ1) is 7.11. The molecule has 0 fully saturated rings. The Morgan fingerprint density at radius 2 is 2.07 bits per heavy atom. The largest absolute Gasteiger partial charge is 0.370 e. The molecule has 0 amide bonds. The number of anilines is 1. The lowest BCUT2D eigenvalue weighted by molar-refractivity contribution is 0.834. The number of nitrogens with zero attached hydrogens (tertiary/aromatic N) is 3. The van der Waals surface area contributed by atoms with Gasteiger partial charge in [0.15, 0.2) is 11.5 Å². The van der Waals surface area contributed by atoms with Crippen molar-refractivity contribution in [2.45, 2.75) is 19.8 Å². The van der Waals surface area contributed by atoms with Gasteiger partial charge in [-0.15, -0.1) is 0 Å². The fourth-order valence-electron chi connectivity index (χ4n) is 1.43. The second-order valence-electron chi connectivity index (χ2n) is 3.71. The Kier molecular flexibility index (Phi) is 2.65. The van der Waals surface area contributed by atoms with Crippen LogP contribution in [0.4, 0.5) is 5.82 Å². The van der Waals surface area contributed by atoms with Crippen LogP contribution in [0.5, 0.6) is 0 Å². The molecular weight excluding hydrogens is 256 g/mol. The van der Waals surface area contributed by atoms with Gasteiger partial charge in [-0.1, -0.05) is 13.8 Å². The number of fused-ring (bicyclic) bond motifs is 1. The molecule has 0 saturated heterocycles. The molecule has 0 aliphatic rings. The molecule has 2 heterocycles. The topological polar surface area (TPSA) is 42.2 Å². The van der Waals surface area contributed by atoms with Crippen molar-refractivity contribution in [3.05, 3.63) is 22.7 Å². The van der Waals surface area contributed by atoms with Crippen LogP contribution in [0.15, 0.2) is 17.0 Å². The summed E-state index contributed by atoms with van der Waals surface area (Å²) in [5, 5.41) is 3.04. The van der Waals surface area contributed by atoms with Gasteiger partial charge < -0.3 is 9.72 Å². The van der Waals surface area contributed by atoms with Gasteiger partial charge in [0.25, 0.3) is 0 Å². The van der Waals surface area contributed by atoms with E-state index in [-0.39, 0.29) is 0 Å². The summed E-state index contributed by atoms with van der Waals surface area (Å²) >= 11 is 3.37. The van der Waals surface area contributed by atoms with Crippen molar-refractivity contribution in [3.63, 3.8) is 0 Å². The summed E-state index contributed by atoms with van der Waals surface area (Å²) in [6, 6.07) is 0. The molecule has 2 aromatic heterocycles. The van der Waals surface area contributed by atoms with E-state index in [1.165, 1.54) is 0 Å². The normalized spacial score (nSPS) is 11.3. The highest BCUT2D eigenvalue weighted by atomic mass is 79.9. The molecule has 0 aliphatic carbocycles. The van der Waals surface area contributed by atoms with Crippen LogP contribution in [-0.2, 0) is 0 Å². The molecule has 0 radical (unpaired) electrons. The van der Waals surface area contributed by atoms with Gasteiger partial charge in [0.05, 0.1) is 5.69 Å². The summed E-state index contributed by atoms with van der Waals surface area (Å²) in [5.74, 6) is 1.21. The Bertz CT molecular complexity index is 489. The quantitative estimate of drug-likeness (QED) is 0.911. The maximum Gasteiger partial charge on any atom is 0.180 e. The molecule has 2 rings (SSSR count). The van der Waals surface area contributed by atoms with E-state index < -0.39 is 0 Å². The first-order valence-corrected chi connectivity index (χ1v) is 5.64. The van der Waals surface area contributed by atoms with Crippen LogP contribution in [0.3, 0.4) is 0 Å². The number of rotatable bonds is 2. The summed E-state index contributed by atoms with van der Waals surface area (Å²) < 4.78 is 2.78. The molecule has 0 atom stereocenters. The zero-order chi connectivity index (χ0) is 11.0. The van der Waals surface area contributed by atoms with Crippen molar-refractivity contribution < 1.29 is 0 Å². The monoisotopic (exact) mass is 268 g/mol. The summed E-state index contributed by atoms with van der Waals surface area (Å²) in [4.78, 5) is 8.86.